The van der Waals surface area contributed by atoms with Gasteiger partial charge in [-0.1, -0.05) is 11.6 Å². The highest BCUT2D eigenvalue weighted by Crippen LogP contribution is 2.34. The zero-order valence-electron chi connectivity index (χ0n) is 9.00. The number of Topliss-reactive ketones (excluding diaryl/α,β-unsaturated/α-hetero) is 1. The van der Waals surface area contributed by atoms with Gasteiger partial charge in [0.15, 0.2) is 0 Å². The molecule has 1 N–H and O–H groups in total. The lowest BCUT2D eigenvalue weighted by atomic mass is 10.1. The van der Waals surface area contributed by atoms with Crippen LogP contribution in [-0.2, 0) is 4.79 Å². The smallest absolute Gasteiger partial charge is 0.296 e. The Bertz CT molecular complexity index is 485. The Labute approximate surface area is 98.2 Å². The van der Waals surface area contributed by atoms with E-state index in [-0.39, 0.29) is 0 Å². The Morgan fingerprint density at radius 3 is 2.69 bits per heavy atom. The molecule has 1 aliphatic heterocycles. The second-order valence-corrected chi connectivity index (χ2v) is 4.05. The maximum atomic E-state index is 11.4. The largest absolute Gasteiger partial charge is 0.374 e. The minimum absolute atomic E-state index is 0.350. The van der Waals surface area contributed by atoms with Crippen LogP contribution in [0.2, 0.25) is 5.02 Å². The van der Waals surface area contributed by atoms with Crippen molar-refractivity contribution in [2.24, 2.45) is 0 Å². The van der Waals surface area contributed by atoms with E-state index in [0.29, 0.717) is 16.3 Å². The monoisotopic (exact) mass is 238 g/mol. The lowest BCUT2D eigenvalue weighted by molar-refractivity contribution is -0.112. The predicted octanol–water partition coefficient (Wildman–Crippen LogP) is 1.93. The van der Waals surface area contributed by atoms with E-state index >= 15 is 0 Å². The van der Waals surface area contributed by atoms with E-state index in [1.807, 2.05) is 18.9 Å². The molecule has 0 fully saturated rings. The fourth-order valence-corrected chi connectivity index (χ4v) is 1.93. The summed E-state index contributed by atoms with van der Waals surface area (Å²) in [4.78, 5) is 24.5. The highest BCUT2D eigenvalue weighted by Gasteiger charge is 2.29. The van der Waals surface area contributed by atoms with Crippen molar-refractivity contribution >= 4 is 34.7 Å². The predicted molar refractivity (Wildman–Crippen MR) is 63.4 cm³/mol. The van der Waals surface area contributed by atoms with Gasteiger partial charge in [0.05, 0.1) is 22.0 Å². The number of carbonyl (C=O) groups is 2. The van der Waals surface area contributed by atoms with Gasteiger partial charge in [-0.05, 0) is 19.1 Å². The molecule has 0 aromatic heterocycles. The van der Waals surface area contributed by atoms with Gasteiger partial charge in [-0.3, -0.25) is 9.59 Å². The van der Waals surface area contributed by atoms with Gasteiger partial charge in [0.2, 0.25) is 0 Å². The number of rotatable bonds is 2. The highest BCUT2D eigenvalue weighted by atomic mass is 35.5. The number of benzene rings is 1. The number of halogens is 1. The fraction of sp³-hybridized carbons (Fsp3) is 0.273. The molecule has 4 nitrogen and oxygen atoms in total. The van der Waals surface area contributed by atoms with Gasteiger partial charge in [-0.25, -0.2) is 0 Å². The quantitative estimate of drug-likeness (QED) is 0.801. The van der Waals surface area contributed by atoms with E-state index in [2.05, 4.69) is 5.32 Å². The Kier molecular flexibility index (Phi) is 2.59. The first-order valence-corrected chi connectivity index (χ1v) is 5.32. The molecule has 2 rings (SSSR count). The van der Waals surface area contributed by atoms with Gasteiger partial charge in [0, 0.05) is 13.6 Å². The van der Waals surface area contributed by atoms with Crippen molar-refractivity contribution in [3.8, 4) is 0 Å². The van der Waals surface area contributed by atoms with Crippen LogP contribution in [0, 0.1) is 0 Å². The summed E-state index contributed by atoms with van der Waals surface area (Å²) in [5.74, 6) is -1.12. The van der Waals surface area contributed by atoms with Crippen molar-refractivity contribution in [3.63, 3.8) is 0 Å². The van der Waals surface area contributed by atoms with Gasteiger partial charge in [-0.2, -0.15) is 0 Å². The SMILES string of the molecule is CCN(C)c1cc2c(cc1Cl)C(=O)C(=O)N2. The third kappa shape index (κ3) is 1.55. The molecule has 1 aromatic rings. The van der Waals surface area contributed by atoms with Gasteiger partial charge in [-0.15, -0.1) is 0 Å². The molecule has 1 aliphatic rings. The van der Waals surface area contributed by atoms with E-state index in [4.69, 9.17) is 11.6 Å². The van der Waals surface area contributed by atoms with Crippen molar-refractivity contribution in [1.82, 2.24) is 0 Å². The third-order valence-electron chi connectivity index (χ3n) is 2.67. The van der Waals surface area contributed by atoms with Gasteiger partial charge in [0.25, 0.3) is 11.7 Å². The minimum Gasteiger partial charge on any atom is -0.374 e. The van der Waals surface area contributed by atoms with E-state index in [1.54, 1.807) is 12.1 Å². The van der Waals surface area contributed by atoms with Crippen LogP contribution in [0.3, 0.4) is 0 Å². The van der Waals surface area contributed by atoms with Crippen LogP contribution in [-0.4, -0.2) is 25.3 Å². The average molecular weight is 239 g/mol. The van der Waals surface area contributed by atoms with E-state index < -0.39 is 11.7 Å². The second kappa shape index (κ2) is 3.79. The second-order valence-electron chi connectivity index (χ2n) is 3.65. The summed E-state index contributed by atoms with van der Waals surface area (Å²) in [6, 6.07) is 3.27. The average Bonchev–Trinajstić information content (AvgIpc) is 2.53. The first kappa shape index (κ1) is 11.0. The standard InChI is InChI=1S/C11H11ClN2O2/c1-3-14(2)9-5-8-6(4-7(9)12)10(15)11(16)13-8/h4-5H,3H2,1-2H3,(H,13,15,16). The molecule has 0 saturated carbocycles. The van der Waals surface area contributed by atoms with Crippen molar-refractivity contribution in [3.05, 3.63) is 22.7 Å². The molecule has 0 saturated heterocycles. The molecule has 0 unspecified atom stereocenters. The van der Waals surface area contributed by atoms with Crippen LogP contribution in [0.15, 0.2) is 12.1 Å². The number of anilines is 2. The van der Waals surface area contributed by atoms with Gasteiger partial charge >= 0.3 is 0 Å². The van der Waals surface area contributed by atoms with Crippen LogP contribution in [0.1, 0.15) is 17.3 Å². The number of hydrogen-bond acceptors (Lipinski definition) is 3. The lowest BCUT2D eigenvalue weighted by Crippen LogP contribution is -2.16. The first-order chi connectivity index (χ1) is 7.54. The molecule has 0 radical (unpaired) electrons. The molecule has 84 valence electrons. The fourth-order valence-electron chi connectivity index (χ4n) is 1.62. The maximum Gasteiger partial charge on any atom is 0.296 e. The lowest BCUT2D eigenvalue weighted by Gasteiger charge is -2.19. The minimum atomic E-state index is -0.595. The summed E-state index contributed by atoms with van der Waals surface area (Å²) < 4.78 is 0. The summed E-state index contributed by atoms with van der Waals surface area (Å²) >= 11 is 6.06. The van der Waals surface area contributed by atoms with Gasteiger partial charge < -0.3 is 10.2 Å². The summed E-state index contributed by atoms with van der Waals surface area (Å²) in [5.41, 5.74) is 1.69. The number of fused-ring (bicyclic) bond motifs is 1. The Morgan fingerprint density at radius 1 is 1.38 bits per heavy atom. The Morgan fingerprint density at radius 2 is 2.06 bits per heavy atom. The molecular formula is C11H11ClN2O2. The number of hydrogen-bond donors (Lipinski definition) is 1. The van der Waals surface area contributed by atoms with Crippen LogP contribution >= 0.6 is 11.6 Å². The molecule has 0 aliphatic carbocycles. The van der Waals surface area contributed by atoms with Crippen LogP contribution < -0.4 is 10.2 Å². The molecular weight excluding hydrogens is 228 g/mol. The Hall–Kier alpha value is -1.55. The molecule has 0 spiro atoms. The maximum absolute atomic E-state index is 11.4. The summed E-state index contributed by atoms with van der Waals surface area (Å²) in [6.07, 6.45) is 0. The Balaban J connectivity index is 2.52. The number of carbonyl (C=O) groups excluding carboxylic acids is 2. The molecule has 1 heterocycles. The summed E-state index contributed by atoms with van der Waals surface area (Å²) in [5, 5.41) is 3.00. The molecule has 0 bridgehead atoms. The van der Waals surface area contributed by atoms with Crippen molar-refractivity contribution < 1.29 is 9.59 Å². The van der Waals surface area contributed by atoms with Crippen LogP contribution in [0.5, 0.6) is 0 Å². The normalized spacial score (nSPS) is 13.7. The van der Waals surface area contributed by atoms with Crippen LogP contribution in [0.4, 0.5) is 11.4 Å². The summed E-state index contributed by atoms with van der Waals surface area (Å²) in [7, 11) is 1.90. The van der Waals surface area contributed by atoms with E-state index in [0.717, 1.165) is 12.2 Å². The van der Waals surface area contributed by atoms with Crippen molar-refractivity contribution in [1.29, 1.82) is 0 Å². The van der Waals surface area contributed by atoms with Crippen molar-refractivity contribution in [2.75, 3.05) is 23.8 Å². The number of nitrogens with one attached hydrogen (secondary N) is 1. The highest BCUT2D eigenvalue weighted by molar-refractivity contribution is 6.52. The third-order valence-corrected chi connectivity index (χ3v) is 2.97. The first-order valence-electron chi connectivity index (χ1n) is 4.95. The summed E-state index contributed by atoms with van der Waals surface area (Å²) in [6.45, 7) is 2.79. The van der Waals surface area contributed by atoms with E-state index in [9.17, 15) is 9.59 Å². The molecule has 1 aromatic carbocycles. The molecule has 5 heteroatoms. The van der Waals surface area contributed by atoms with Crippen LogP contribution in [0.25, 0.3) is 0 Å². The number of nitrogens with zero attached hydrogens (tertiary/aromatic N) is 1. The van der Waals surface area contributed by atoms with Crippen molar-refractivity contribution in [2.45, 2.75) is 6.92 Å². The van der Waals surface area contributed by atoms with Gasteiger partial charge in [0.1, 0.15) is 0 Å². The zero-order chi connectivity index (χ0) is 11.9. The molecule has 0 atom stereocenters. The topological polar surface area (TPSA) is 49.4 Å². The number of ketones is 1. The molecule has 1 amide bonds. The molecule has 16 heavy (non-hydrogen) atoms. The van der Waals surface area contributed by atoms with E-state index in [1.165, 1.54) is 0 Å². The number of amides is 1. The zero-order valence-corrected chi connectivity index (χ0v) is 9.76.